The number of halogens is 4. The predicted octanol–water partition coefficient (Wildman–Crippen LogP) is 2.22. The SMILES string of the molecule is Cc1cc(Cl)cnc1Nc1c(C(=O)NOCC(O)CO)cc(F)c(F)c1F. The number of pyridine rings is 1. The normalized spacial score (nSPS) is 12.0. The first-order valence-corrected chi connectivity index (χ1v) is 7.90. The Morgan fingerprint density at radius 3 is 2.67 bits per heavy atom. The largest absolute Gasteiger partial charge is 0.394 e. The third-order valence-electron chi connectivity index (χ3n) is 3.35. The minimum atomic E-state index is -1.78. The summed E-state index contributed by atoms with van der Waals surface area (Å²) in [5, 5.41) is 20.5. The highest BCUT2D eigenvalue weighted by Crippen LogP contribution is 2.29. The van der Waals surface area contributed by atoms with Crippen molar-refractivity contribution < 1.29 is 33.0 Å². The van der Waals surface area contributed by atoms with Gasteiger partial charge in [0.05, 0.1) is 22.9 Å². The Bertz CT molecular complexity index is 854. The first kappa shape index (κ1) is 20.9. The lowest BCUT2D eigenvalue weighted by Gasteiger charge is -2.15. The predicted molar refractivity (Wildman–Crippen MR) is 90.1 cm³/mol. The zero-order valence-corrected chi connectivity index (χ0v) is 14.6. The van der Waals surface area contributed by atoms with Gasteiger partial charge in [-0.3, -0.25) is 9.63 Å². The molecule has 1 heterocycles. The van der Waals surface area contributed by atoms with Crippen molar-refractivity contribution in [2.24, 2.45) is 0 Å². The Morgan fingerprint density at radius 1 is 1.33 bits per heavy atom. The molecule has 0 aliphatic heterocycles. The van der Waals surface area contributed by atoms with Gasteiger partial charge in [0.25, 0.3) is 5.91 Å². The molecule has 2 aromatic rings. The number of benzene rings is 1. The van der Waals surface area contributed by atoms with Crippen LogP contribution in [0.5, 0.6) is 0 Å². The third kappa shape index (κ3) is 5.07. The van der Waals surface area contributed by atoms with E-state index in [4.69, 9.17) is 21.8 Å². The van der Waals surface area contributed by atoms with E-state index in [0.717, 1.165) is 0 Å². The summed E-state index contributed by atoms with van der Waals surface area (Å²) in [7, 11) is 0. The van der Waals surface area contributed by atoms with Gasteiger partial charge in [-0.2, -0.15) is 0 Å². The van der Waals surface area contributed by atoms with E-state index < -0.39 is 53.9 Å². The molecule has 2 rings (SSSR count). The van der Waals surface area contributed by atoms with Crippen molar-refractivity contribution >= 4 is 29.0 Å². The highest BCUT2D eigenvalue weighted by atomic mass is 35.5. The van der Waals surface area contributed by atoms with Gasteiger partial charge in [-0.1, -0.05) is 11.6 Å². The van der Waals surface area contributed by atoms with Crippen molar-refractivity contribution in [1.29, 1.82) is 0 Å². The van der Waals surface area contributed by atoms with Gasteiger partial charge in [0.15, 0.2) is 17.5 Å². The molecule has 0 saturated heterocycles. The van der Waals surface area contributed by atoms with E-state index in [1.807, 2.05) is 5.48 Å². The van der Waals surface area contributed by atoms with Gasteiger partial charge < -0.3 is 15.5 Å². The van der Waals surface area contributed by atoms with E-state index in [9.17, 15) is 18.0 Å². The number of hydroxylamine groups is 1. The van der Waals surface area contributed by atoms with Crippen LogP contribution in [0.25, 0.3) is 0 Å². The summed E-state index contributed by atoms with van der Waals surface area (Å²) >= 11 is 5.78. The minimum absolute atomic E-state index is 0.0648. The van der Waals surface area contributed by atoms with Crippen LogP contribution in [0.2, 0.25) is 5.02 Å². The number of aryl methyl sites for hydroxylation is 1. The fraction of sp³-hybridized carbons (Fsp3) is 0.250. The molecule has 0 bridgehead atoms. The fourth-order valence-electron chi connectivity index (χ4n) is 2.00. The lowest BCUT2D eigenvalue weighted by atomic mass is 10.1. The quantitative estimate of drug-likeness (QED) is 0.416. The van der Waals surface area contributed by atoms with Crippen molar-refractivity contribution in [2.75, 3.05) is 18.5 Å². The number of aliphatic hydroxyl groups excluding tert-OH is 2. The Balaban J connectivity index is 2.34. The summed E-state index contributed by atoms with van der Waals surface area (Å²) in [6, 6.07) is 1.97. The molecule has 0 radical (unpaired) electrons. The third-order valence-corrected chi connectivity index (χ3v) is 3.55. The van der Waals surface area contributed by atoms with E-state index in [1.54, 1.807) is 6.92 Å². The molecule has 1 atom stereocenters. The van der Waals surface area contributed by atoms with Gasteiger partial charge in [0, 0.05) is 6.20 Å². The summed E-state index contributed by atoms with van der Waals surface area (Å²) in [5.74, 6) is -6.05. The average molecular weight is 406 g/mol. The lowest BCUT2D eigenvalue weighted by Crippen LogP contribution is -2.30. The maximum Gasteiger partial charge on any atom is 0.277 e. The second-order valence-corrected chi connectivity index (χ2v) is 5.87. The van der Waals surface area contributed by atoms with Gasteiger partial charge in [0.2, 0.25) is 0 Å². The van der Waals surface area contributed by atoms with Crippen LogP contribution < -0.4 is 10.8 Å². The number of nitrogens with zero attached hydrogens (tertiary/aromatic N) is 1. The van der Waals surface area contributed by atoms with E-state index in [-0.39, 0.29) is 5.82 Å². The van der Waals surface area contributed by atoms with Crippen LogP contribution >= 0.6 is 11.6 Å². The molecule has 1 unspecified atom stereocenters. The molecule has 0 aliphatic carbocycles. The number of carbonyl (C=O) groups is 1. The summed E-state index contributed by atoms with van der Waals surface area (Å²) in [4.78, 5) is 20.7. The zero-order chi connectivity index (χ0) is 20.1. The molecule has 1 aromatic heterocycles. The topological polar surface area (TPSA) is 104 Å². The number of rotatable bonds is 7. The van der Waals surface area contributed by atoms with Crippen molar-refractivity contribution in [3.63, 3.8) is 0 Å². The van der Waals surface area contributed by atoms with Crippen LogP contribution in [-0.4, -0.2) is 40.4 Å². The Morgan fingerprint density at radius 2 is 2.04 bits per heavy atom. The van der Waals surface area contributed by atoms with Crippen LogP contribution in [0, 0.1) is 24.4 Å². The Hall–Kier alpha value is -2.40. The van der Waals surface area contributed by atoms with Crippen molar-refractivity contribution in [2.45, 2.75) is 13.0 Å². The molecule has 1 aromatic carbocycles. The van der Waals surface area contributed by atoms with Crippen LogP contribution in [0.1, 0.15) is 15.9 Å². The number of hydrogen-bond acceptors (Lipinski definition) is 6. The summed E-state index contributed by atoms with van der Waals surface area (Å²) in [5.41, 5.74) is 1.02. The van der Waals surface area contributed by atoms with Gasteiger partial charge in [0.1, 0.15) is 18.5 Å². The van der Waals surface area contributed by atoms with Gasteiger partial charge in [-0.05, 0) is 24.6 Å². The van der Waals surface area contributed by atoms with Crippen molar-refractivity contribution in [1.82, 2.24) is 10.5 Å². The first-order chi connectivity index (χ1) is 12.7. The molecule has 7 nitrogen and oxygen atoms in total. The van der Waals surface area contributed by atoms with Crippen LogP contribution in [0.3, 0.4) is 0 Å². The molecule has 146 valence electrons. The molecule has 4 N–H and O–H groups in total. The molecule has 0 spiro atoms. The molecule has 0 saturated carbocycles. The number of aromatic nitrogens is 1. The van der Waals surface area contributed by atoms with Crippen LogP contribution in [0.4, 0.5) is 24.7 Å². The average Bonchev–Trinajstić information content (AvgIpc) is 2.63. The highest BCUT2D eigenvalue weighted by Gasteiger charge is 2.24. The van der Waals surface area contributed by atoms with Gasteiger partial charge in [-0.25, -0.2) is 23.6 Å². The van der Waals surface area contributed by atoms with Crippen LogP contribution in [0.15, 0.2) is 18.3 Å². The summed E-state index contributed by atoms with van der Waals surface area (Å²) in [6.45, 7) is 0.483. The number of aliphatic hydroxyl groups is 2. The number of amides is 1. The van der Waals surface area contributed by atoms with Crippen LogP contribution in [-0.2, 0) is 4.84 Å². The van der Waals surface area contributed by atoms with Crippen molar-refractivity contribution in [3.05, 3.63) is 51.9 Å². The second kappa shape index (κ2) is 9.00. The zero-order valence-electron chi connectivity index (χ0n) is 13.9. The van der Waals surface area contributed by atoms with Crippen molar-refractivity contribution in [3.8, 4) is 0 Å². The number of nitrogens with one attached hydrogen (secondary N) is 2. The molecule has 11 heteroatoms. The number of hydrogen-bond donors (Lipinski definition) is 4. The monoisotopic (exact) mass is 405 g/mol. The molecule has 1 amide bonds. The molecule has 27 heavy (non-hydrogen) atoms. The fourth-order valence-corrected chi connectivity index (χ4v) is 2.21. The van der Waals surface area contributed by atoms with E-state index in [1.165, 1.54) is 12.3 Å². The minimum Gasteiger partial charge on any atom is -0.394 e. The van der Waals surface area contributed by atoms with Gasteiger partial charge >= 0.3 is 0 Å². The summed E-state index contributed by atoms with van der Waals surface area (Å²) < 4.78 is 41.5. The molecule has 0 fully saturated rings. The maximum atomic E-state index is 14.3. The lowest BCUT2D eigenvalue weighted by molar-refractivity contribution is -0.0295. The Kier molecular flexibility index (Phi) is 6.97. The number of carbonyl (C=O) groups excluding carboxylic acids is 1. The first-order valence-electron chi connectivity index (χ1n) is 7.52. The second-order valence-electron chi connectivity index (χ2n) is 5.43. The Labute approximate surface area is 156 Å². The molecular weight excluding hydrogens is 391 g/mol. The van der Waals surface area contributed by atoms with E-state index in [0.29, 0.717) is 16.7 Å². The molecular formula is C16H15ClF3N3O4. The number of anilines is 2. The molecule has 0 aliphatic rings. The standard InChI is InChI=1S/C16H15ClF3N3O4/c1-7-2-8(17)4-21-15(7)22-14-10(3-11(18)12(19)13(14)20)16(26)23-27-6-9(25)5-24/h2-4,9,24-25H,5-6H2,1H3,(H,21,22)(H,23,26). The van der Waals surface area contributed by atoms with E-state index in [2.05, 4.69) is 15.1 Å². The summed E-state index contributed by atoms with van der Waals surface area (Å²) in [6.07, 6.45) is -0.0288. The van der Waals surface area contributed by atoms with Gasteiger partial charge in [-0.15, -0.1) is 0 Å². The smallest absolute Gasteiger partial charge is 0.277 e. The highest BCUT2D eigenvalue weighted by molar-refractivity contribution is 6.30. The van der Waals surface area contributed by atoms with E-state index >= 15 is 0 Å². The maximum absolute atomic E-state index is 14.3.